The van der Waals surface area contributed by atoms with Gasteiger partial charge in [0.1, 0.15) is 5.75 Å². The van der Waals surface area contributed by atoms with Gasteiger partial charge in [0.15, 0.2) is 0 Å². The summed E-state index contributed by atoms with van der Waals surface area (Å²) in [5.74, 6) is 1.48. The third kappa shape index (κ3) is 3.41. The Labute approximate surface area is 121 Å². The molecule has 0 heterocycles. The molecule has 1 amide bonds. The molecule has 3 heteroatoms. The summed E-state index contributed by atoms with van der Waals surface area (Å²) < 4.78 is 5.16. The van der Waals surface area contributed by atoms with E-state index in [0.717, 1.165) is 24.2 Å². The maximum Gasteiger partial charge on any atom is 0.223 e. The van der Waals surface area contributed by atoms with E-state index in [9.17, 15) is 4.79 Å². The van der Waals surface area contributed by atoms with E-state index in [2.05, 4.69) is 19.1 Å². The summed E-state index contributed by atoms with van der Waals surface area (Å²) in [5, 5.41) is 0. The van der Waals surface area contributed by atoms with Crippen molar-refractivity contribution in [3.8, 4) is 5.75 Å². The van der Waals surface area contributed by atoms with Gasteiger partial charge in [-0.15, -0.1) is 0 Å². The van der Waals surface area contributed by atoms with Gasteiger partial charge in [0.05, 0.1) is 13.2 Å². The predicted octanol–water partition coefficient (Wildman–Crippen LogP) is 3.57. The summed E-state index contributed by atoms with van der Waals surface area (Å²) in [7, 11) is 3.54. The number of hydrogen-bond acceptors (Lipinski definition) is 2. The number of carbonyl (C=O) groups excluding carboxylic acids is 1. The van der Waals surface area contributed by atoms with Crippen molar-refractivity contribution in [3.63, 3.8) is 0 Å². The van der Waals surface area contributed by atoms with Crippen molar-refractivity contribution in [2.24, 2.45) is 5.92 Å². The van der Waals surface area contributed by atoms with Gasteiger partial charge >= 0.3 is 0 Å². The molecule has 0 bridgehead atoms. The van der Waals surface area contributed by atoms with E-state index in [1.54, 1.807) is 7.11 Å². The minimum Gasteiger partial charge on any atom is -0.497 e. The molecule has 0 radical (unpaired) electrons. The van der Waals surface area contributed by atoms with Crippen LogP contribution in [-0.4, -0.2) is 25.0 Å². The molecule has 3 nitrogen and oxygen atoms in total. The highest BCUT2D eigenvalue weighted by Gasteiger charge is 2.21. The van der Waals surface area contributed by atoms with Crippen LogP contribution in [0, 0.1) is 5.92 Å². The molecule has 2 unspecified atom stereocenters. The zero-order valence-electron chi connectivity index (χ0n) is 12.5. The molecule has 1 aliphatic carbocycles. The smallest absolute Gasteiger partial charge is 0.223 e. The molecular weight excluding hydrogens is 250 g/mol. The van der Waals surface area contributed by atoms with Gasteiger partial charge in [0, 0.05) is 13.5 Å². The molecule has 0 spiro atoms. The first kappa shape index (κ1) is 14.6. The van der Waals surface area contributed by atoms with Crippen molar-refractivity contribution in [1.29, 1.82) is 0 Å². The minimum absolute atomic E-state index is 0.0822. The highest BCUT2D eigenvalue weighted by molar-refractivity contribution is 5.77. The Hall–Kier alpha value is -1.77. The molecule has 2 rings (SSSR count). The van der Waals surface area contributed by atoms with E-state index in [4.69, 9.17) is 4.74 Å². The van der Waals surface area contributed by atoms with Crippen LogP contribution in [0.1, 0.15) is 37.8 Å². The van der Waals surface area contributed by atoms with E-state index >= 15 is 0 Å². The summed E-state index contributed by atoms with van der Waals surface area (Å²) >= 11 is 0. The van der Waals surface area contributed by atoms with E-state index in [0.29, 0.717) is 12.3 Å². The number of hydrogen-bond donors (Lipinski definition) is 0. The second-order valence-corrected chi connectivity index (χ2v) is 5.42. The number of nitrogens with zero attached hydrogens (tertiary/aromatic N) is 1. The molecule has 0 fully saturated rings. The molecule has 20 heavy (non-hydrogen) atoms. The van der Waals surface area contributed by atoms with Crippen molar-refractivity contribution < 1.29 is 9.53 Å². The van der Waals surface area contributed by atoms with Gasteiger partial charge in [-0.3, -0.25) is 4.79 Å². The largest absolute Gasteiger partial charge is 0.497 e. The molecule has 1 aromatic rings. The molecule has 0 saturated heterocycles. The monoisotopic (exact) mass is 273 g/mol. The van der Waals surface area contributed by atoms with Gasteiger partial charge in [-0.1, -0.05) is 24.3 Å². The fourth-order valence-corrected chi connectivity index (χ4v) is 2.56. The lowest BCUT2D eigenvalue weighted by atomic mass is 10.0. The Morgan fingerprint density at radius 1 is 1.40 bits per heavy atom. The van der Waals surface area contributed by atoms with Crippen LogP contribution in [0.25, 0.3) is 0 Å². The lowest BCUT2D eigenvalue weighted by Gasteiger charge is -2.26. The lowest BCUT2D eigenvalue weighted by Crippen LogP contribution is -2.30. The van der Waals surface area contributed by atoms with Gasteiger partial charge in [0.25, 0.3) is 0 Å². The van der Waals surface area contributed by atoms with E-state index < -0.39 is 0 Å². The first-order chi connectivity index (χ1) is 9.61. The van der Waals surface area contributed by atoms with Gasteiger partial charge in [-0.05, 0) is 43.4 Å². The highest BCUT2D eigenvalue weighted by Crippen LogP contribution is 2.25. The van der Waals surface area contributed by atoms with E-state index in [1.165, 1.54) is 0 Å². The maximum atomic E-state index is 12.3. The summed E-state index contributed by atoms with van der Waals surface area (Å²) in [6, 6.07) is 7.98. The summed E-state index contributed by atoms with van der Waals surface area (Å²) in [6.45, 7) is 2.06. The van der Waals surface area contributed by atoms with E-state index in [-0.39, 0.29) is 11.9 Å². The van der Waals surface area contributed by atoms with Crippen LogP contribution in [0.15, 0.2) is 36.4 Å². The highest BCUT2D eigenvalue weighted by atomic mass is 16.5. The van der Waals surface area contributed by atoms with Crippen molar-refractivity contribution >= 4 is 5.91 Å². The van der Waals surface area contributed by atoms with Crippen molar-refractivity contribution in [3.05, 3.63) is 42.0 Å². The fraction of sp³-hybridized carbons (Fsp3) is 0.471. The van der Waals surface area contributed by atoms with Crippen LogP contribution < -0.4 is 4.74 Å². The first-order valence-electron chi connectivity index (χ1n) is 7.18. The average Bonchev–Trinajstić information content (AvgIpc) is 2.98. The number of benzene rings is 1. The van der Waals surface area contributed by atoms with Gasteiger partial charge in [0.2, 0.25) is 5.91 Å². The Morgan fingerprint density at radius 3 is 2.65 bits per heavy atom. The number of rotatable bonds is 5. The number of amides is 1. The fourth-order valence-electron chi connectivity index (χ4n) is 2.56. The summed E-state index contributed by atoms with van der Waals surface area (Å²) in [5.41, 5.74) is 1.13. The summed E-state index contributed by atoms with van der Waals surface area (Å²) in [4.78, 5) is 14.1. The lowest BCUT2D eigenvalue weighted by molar-refractivity contribution is -0.132. The average molecular weight is 273 g/mol. The molecule has 0 aromatic heterocycles. The SMILES string of the molecule is COc1ccc(C(C)N(C)C(=O)CC2C=CCC2)cc1. The molecule has 0 aliphatic heterocycles. The van der Waals surface area contributed by atoms with Gasteiger partial charge in [-0.2, -0.15) is 0 Å². The molecule has 0 saturated carbocycles. The third-order valence-electron chi connectivity index (χ3n) is 4.12. The van der Waals surface area contributed by atoms with Crippen molar-refractivity contribution in [2.45, 2.75) is 32.2 Å². The Bertz CT molecular complexity index is 478. The number of allylic oxidation sites excluding steroid dienone is 2. The zero-order chi connectivity index (χ0) is 14.5. The Balaban J connectivity index is 1.97. The quantitative estimate of drug-likeness (QED) is 0.768. The second-order valence-electron chi connectivity index (χ2n) is 5.42. The van der Waals surface area contributed by atoms with Crippen LogP contribution in [0.2, 0.25) is 0 Å². The van der Waals surface area contributed by atoms with Gasteiger partial charge in [-0.25, -0.2) is 0 Å². The van der Waals surface area contributed by atoms with Crippen LogP contribution in [-0.2, 0) is 4.79 Å². The number of carbonyl (C=O) groups is 1. The van der Waals surface area contributed by atoms with Crippen LogP contribution >= 0.6 is 0 Å². The van der Waals surface area contributed by atoms with Gasteiger partial charge < -0.3 is 9.64 Å². The Morgan fingerprint density at radius 2 is 2.10 bits per heavy atom. The van der Waals surface area contributed by atoms with Crippen molar-refractivity contribution in [1.82, 2.24) is 4.90 Å². The maximum absolute atomic E-state index is 12.3. The second kappa shape index (κ2) is 6.60. The summed E-state index contributed by atoms with van der Waals surface area (Å²) in [6.07, 6.45) is 7.17. The standard InChI is InChI=1S/C17H23NO2/c1-13(15-8-10-16(20-3)11-9-15)18(2)17(19)12-14-6-4-5-7-14/h4,6,8-11,13-14H,5,7,12H2,1-3H3. The molecule has 1 aromatic carbocycles. The molecule has 2 atom stereocenters. The van der Waals surface area contributed by atoms with Crippen LogP contribution in [0.3, 0.4) is 0 Å². The first-order valence-corrected chi connectivity index (χ1v) is 7.18. The molecule has 1 aliphatic rings. The predicted molar refractivity (Wildman–Crippen MR) is 80.7 cm³/mol. The van der Waals surface area contributed by atoms with Crippen LogP contribution in [0.4, 0.5) is 0 Å². The molecular formula is C17H23NO2. The zero-order valence-corrected chi connectivity index (χ0v) is 12.5. The minimum atomic E-state index is 0.0822. The third-order valence-corrected chi connectivity index (χ3v) is 4.12. The number of ether oxygens (including phenoxy) is 1. The number of methoxy groups -OCH3 is 1. The normalized spacial score (nSPS) is 18.9. The van der Waals surface area contributed by atoms with Crippen LogP contribution in [0.5, 0.6) is 5.75 Å². The Kier molecular flexibility index (Phi) is 4.83. The van der Waals surface area contributed by atoms with Crippen molar-refractivity contribution in [2.75, 3.05) is 14.2 Å². The molecule has 108 valence electrons. The van der Waals surface area contributed by atoms with E-state index in [1.807, 2.05) is 36.2 Å². The topological polar surface area (TPSA) is 29.5 Å². The molecule has 0 N–H and O–H groups in total.